The van der Waals surface area contributed by atoms with Crippen LogP contribution in [0.25, 0.3) is 11.4 Å². The molecule has 9 heteroatoms. The van der Waals surface area contributed by atoms with Crippen molar-refractivity contribution in [1.82, 2.24) is 20.2 Å². The summed E-state index contributed by atoms with van der Waals surface area (Å²) in [5.41, 5.74) is 1.54. The van der Waals surface area contributed by atoms with Crippen molar-refractivity contribution in [1.29, 1.82) is 0 Å². The maximum atomic E-state index is 12.0. The van der Waals surface area contributed by atoms with Gasteiger partial charge in [0.2, 0.25) is 11.1 Å². The predicted octanol–water partition coefficient (Wildman–Crippen LogP) is 3.37. The van der Waals surface area contributed by atoms with Gasteiger partial charge in [-0.15, -0.1) is 10.2 Å². The van der Waals surface area contributed by atoms with Crippen molar-refractivity contribution in [3.63, 3.8) is 0 Å². The third-order valence-corrected chi connectivity index (χ3v) is 5.19. The van der Waals surface area contributed by atoms with Gasteiger partial charge >= 0.3 is 0 Å². The van der Waals surface area contributed by atoms with E-state index in [0.717, 1.165) is 5.56 Å². The molecule has 0 radical (unpaired) electrons. The number of hydrogen-bond acceptors (Lipinski definition) is 5. The molecule has 3 N–H and O–H groups in total. The van der Waals surface area contributed by atoms with Crippen molar-refractivity contribution < 1.29 is 4.79 Å². The van der Waals surface area contributed by atoms with Crippen molar-refractivity contribution in [2.75, 3.05) is 11.6 Å². The normalized spacial score (nSPS) is 10.7. The first kappa shape index (κ1) is 18.6. The molecule has 0 saturated carbocycles. The van der Waals surface area contributed by atoms with Gasteiger partial charge in [0.05, 0.1) is 10.8 Å². The van der Waals surface area contributed by atoms with E-state index in [1.54, 1.807) is 18.2 Å². The molecule has 0 aliphatic carbocycles. The highest BCUT2D eigenvalue weighted by Gasteiger charge is 2.15. The number of nitrogens with one attached hydrogen (secondary N) is 1. The number of nitrogens with zero attached hydrogens (tertiary/aromatic N) is 3. The maximum Gasteiger partial charge on any atom is 0.230 e. The quantitative estimate of drug-likeness (QED) is 0.483. The SMILES string of the molecule is Nn1c(SCC(=O)NCc2ccccc2Cl)nnc1-c1ccccc1Cl. The topological polar surface area (TPSA) is 85.8 Å². The van der Waals surface area contributed by atoms with Gasteiger partial charge in [-0.3, -0.25) is 4.79 Å². The fraction of sp³-hybridized carbons (Fsp3) is 0.118. The Balaban J connectivity index is 1.59. The number of thioether (sulfide) groups is 1. The predicted molar refractivity (Wildman–Crippen MR) is 105 cm³/mol. The van der Waals surface area contributed by atoms with Crippen LogP contribution in [0, 0.1) is 0 Å². The largest absolute Gasteiger partial charge is 0.351 e. The van der Waals surface area contributed by atoms with Crippen LogP contribution in [0.15, 0.2) is 53.7 Å². The van der Waals surface area contributed by atoms with E-state index in [4.69, 9.17) is 29.0 Å². The van der Waals surface area contributed by atoms with E-state index in [0.29, 0.717) is 33.1 Å². The Morgan fingerprint density at radius 1 is 1.08 bits per heavy atom. The van der Waals surface area contributed by atoms with Gasteiger partial charge in [-0.2, -0.15) is 0 Å². The number of carbonyl (C=O) groups is 1. The molecule has 0 fully saturated rings. The average Bonchev–Trinajstić information content (AvgIpc) is 3.00. The molecule has 2 aromatic carbocycles. The molecule has 0 spiro atoms. The first-order chi connectivity index (χ1) is 12.6. The summed E-state index contributed by atoms with van der Waals surface area (Å²) in [7, 11) is 0. The van der Waals surface area contributed by atoms with E-state index >= 15 is 0 Å². The Bertz CT molecular complexity index is 931. The first-order valence-electron chi connectivity index (χ1n) is 7.64. The molecule has 3 aromatic rings. The van der Waals surface area contributed by atoms with E-state index in [-0.39, 0.29) is 11.7 Å². The van der Waals surface area contributed by atoms with E-state index in [2.05, 4.69) is 15.5 Å². The summed E-state index contributed by atoms with van der Waals surface area (Å²) in [5, 5.41) is 12.5. The third-order valence-electron chi connectivity index (χ3n) is 3.55. The Morgan fingerprint density at radius 2 is 1.77 bits per heavy atom. The van der Waals surface area contributed by atoms with Gasteiger partial charge in [-0.1, -0.05) is 65.3 Å². The molecule has 0 saturated heterocycles. The monoisotopic (exact) mass is 407 g/mol. The summed E-state index contributed by atoms with van der Waals surface area (Å²) in [5.74, 6) is 6.48. The minimum Gasteiger partial charge on any atom is -0.351 e. The number of nitrogen functional groups attached to an aromatic ring is 1. The summed E-state index contributed by atoms with van der Waals surface area (Å²) < 4.78 is 1.33. The highest BCUT2D eigenvalue weighted by atomic mass is 35.5. The average molecular weight is 408 g/mol. The van der Waals surface area contributed by atoms with Gasteiger partial charge in [0.25, 0.3) is 0 Å². The van der Waals surface area contributed by atoms with Gasteiger partial charge in [0.1, 0.15) is 0 Å². The lowest BCUT2D eigenvalue weighted by Crippen LogP contribution is -2.25. The fourth-order valence-electron chi connectivity index (χ4n) is 2.22. The van der Waals surface area contributed by atoms with Crippen LogP contribution in [0.3, 0.4) is 0 Å². The third kappa shape index (κ3) is 4.30. The van der Waals surface area contributed by atoms with E-state index in [1.165, 1.54) is 16.4 Å². The molecule has 0 unspecified atom stereocenters. The smallest absolute Gasteiger partial charge is 0.230 e. The Morgan fingerprint density at radius 3 is 2.50 bits per heavy atom. The summed E-state index contributed by atoms with van der Waals surface area (Å²) in [4.78, 5) is 12.0. The second-order valence-corrected chi connectivity index (χ2v) is 7.07. The van der Waals surface area contributed by atoms with Crippen LogP contribution in [0.4, 0.5) is 0 Å². The number of amides is 1. The highest BCUT2D eigenvalue weighted by Crippen LogP contribution is 2.27. The number of benzene rings is 2. The summed E-state index contributed by atoms with van der Waals surface area (Å²) in [6.07, 6.45) is 0. The minimum absolute atomic E-state index is 0.155. The molecule has 0 aliphatic rings. The molecule has 3 rings (SSSR count). The van der Waals surface area contributed by atoms with Crippen molar-refractivity contribution in [2.45, 2.75) is 11.7 Å². The highest BCUT2D eigenvalue weighted by molar-refractivity contribution is 7.99. The van der Waals surface area contributed by atoms with E-state index in [9.17, 15) is 4.79 Å². The number of carbonyl (C=O) groups excluding carboxylic acids is 1. The van der Waals surface area contributed by atoms with Crippen LogP contribution in [-0.4, -0.2) is 26.5 Å². The Labute approximate surface area is 164 Å². The molecular formula is C17H15Cl2N5OS. The second kappa shape index (κ2) is 8.44. The molecule has 1 aromatic heterocycles. The van der Waals surface area contributed by atoms with Crippen LogP contribution in [-0.2, 0) is 11.3 Å². The minimum atomic E-state index is -0.155. The molecule has 1 amide bonds. The van der Waals surface area contributed by atoms with Crippen LogP contribution in [0.2, 0.25) is 10.0 Å². The number of rotatable bonds is 6. The zero-order valence-corrected chi connectivity index (χ0v) is 15.9. The fourth-order valence-corrected chi connectivity index (χ4v) is 3.33. The Hall–Kier alpha value is -2.22. The van der Waals surface area contributed by atoms with E-state index < -0.39 is 0 Å². The molecule has 6 nitrogen and oxygen atoms in total. The molecular weight excluding hydrogens is 393 g/mol. The Kier molecular flexibility index (Phi) is 6.03. The van der Waals surface area contributed by atoms with Gasteiger partial charge in [-0.25, -0.2) is 4.68 Å². The van der Waals surface area contributed by atoms with Gasteiger partial charge in [0, 0.05) is 17.1 Å². The molecule has 0 aliphatic heterocycles. The zero-order valence-electron chi connectivity index (χ0n) is 13.5. The van der Waals surface area contributed by atoms with Gasteiger partial charge in [0.15, 0.2) is 5.82 Å². The molecule has 26 heavy (non-hydrogen) atoms. The lowest BCUT2D eigenvalue weighted by atomic mass is 10.2. The van der Waals surface area contributed by atoms with Crippen LogP contribution in [0.5, 0.6) is 0 Å². The summed E-state index contributed by atoms with van der Waals surface area (Å²) in [6, 6.07) is 14.6. The van der Waals surface area contributed by atoms with Crippen LogP contribution < -0.4 is 11.2 Å². The van der Waals surface area contributed by atoms with Gasteiger partial charge in [-0.05, 0) is 23.8 Å². The maximum absolute atomic E-state index is 12.0. The lowest BCUT2D eigenvalue weighted by Gasteiger charge is -2.07. The summed E-state index contributed by atoms with van der Waals surface area (Å²) >= 11 is 13.4. The van der Waals surface area contributed by atoms with Crippen molar-refractivity contribution in [3.05, 3.63) is 64.1 Å². The van der Waals surface area contributed by atoms with Crippen LogP contribution >= 0.6 is 35.0 Å². The molecule has 0 atom stereocenters. The standard InChI is InChI=1S/C17H15Cl2N5OS/c18-13-7-3-1-5-11(13)9-21-15(25)10-26-17-23-22-16(24(17)20)12-6-2-4-8-14(12)19/h1-8H,9-10,20H2,(H,21,25). The number of aromatic nitrogens is 3. The molecule has 0 bridgehead atoms. The van der Waals surface area contributed by atoms with Crippen molar-refractivity contribution in [2.24, 2.45) is 0 Å². The first-order valence-corrected chi connectivity index (χ1v) is 9.38. The molecule has 1 heterocycles. The van der Waals surface area contributed by atoms with Gasteiger partial charge < -0.3 is 11.2 Å². The van der Waals surface area contributed by atoms with Crippen molar-refractivity contribution in [3.8, 4) is 11.4 Å². The number of halogens is 2. The van der Waals surface area contributed by atoms with Crippen molar-refractivity contribution >= 4 is 40.9 Å². The molecule has 134 valence electrons. The summed E-state index contributed by atoms with van der Waals surface area (Å²) in [6.45, 7) is 0.360. The van der Waals surface area contributed by atoms with E-state index in [1.807, 2.05) is 30.3 Å². The lowest BCUT2D eigenvalue weighted by molar-refractivity contribution is -0.118. The second-order valence-electron chi connectivity index (χ2n) is 5.31. The zero-order chi connectivity index (χ0) is 18.5. The number of hydrogen-bond donors (Lipinski definition) is 2. The van der Waals surface area contributed by atoms with Crippen LogP contribution in [0.1, 0.15) is 5.56 Å². The number of nitrogens with two attached hydrogens (primary N) is 1.